The fourth-order valence-corrected chi connectivity index (χ4v) is 4.73. The van der Waals surface area contributed by atoms with Gasteiger partial charge < -0.3 is 10.4 Å². The van der Waals surface area contributed by atoms with Gasteiger partial charge in [-0.1, -0.05) is 72.4 Å². The Morgan fingerprint density at radius 2 is 1.55 bits per heavy atom. The van der Waals surface area contributed by atoms with Gasteiger partial charge in [0.1, 0.15) is 11.1 Å². The first-order valence-corrected chi connectivity index (χ1v) is 12.6. The van der Waals surface area contributed by atoms with E-state index in [0.717, 1.165) is 16.8 Å². The van der Waals surface area contributed by atoms with E-state index in [9.17, 15) is 20.0 Å². The van der Waals surface area contributed by atoms with Crippen molar-refractivity contribution in [3.63, 3.8) is 0 Å². The first-order valence-electron chi connectivity index (χ1n) is 11.6. The molecule has 7 nitrogen and oxygen atoms in total. The Kier molecular flexibility index (Phi) is 7.11. The molecule has 2 aromatic heterocycles. The Morgan fingerprint density at radius 3 is 2.29 bits per heavy atom. The number of nitrogens with one attached hydrogen (secondary N) is 1. The molecule has 0 radical (unpaired) electrons. The van der Waals surface area contributed by atoms with Gasteiger partial charge in [-0.3, -0.25) is 4.79 Å². The van der Waals surface area contributed by atoms with E-state index in [-0.39, 0.29) is 17.2 Å². The molecule has 184 valence electrons. The highest BCUT2D eigenvalue weighted by molar-refractivity contribution is 8.00. The summed E-state index contributed by atoms with van der Waals surface area (Å²) in [4.78, 5) is 33.6. The number of carbonyl (C=O) groups excluding carboxylic acids is 1. The summed E-state index contributed by atoms with van der Waals surface area (Å²) in [6, 6.07) is 31.0. The third-order valence-corrected chi connectivity index (χ3v) is 6.79. The summed E-state index contributed by atoms with van der Waals surface area (Å²) in [7, 11) is 0. The monoisotopic (exact) mass is 516 g/mol. The summed E-state index contributed by atoms with van der Waals surface area (Å²) in [6.07, 6.45) is 0. The van der Waals surface area contributed by atoms with E-state index >= 15 is 0 Å². The Labute approximate surface area is 222 Å². The van der Waals surface area contributed by atoms with Crippen molar-refractivity contribution in [1.82, 2.24) is 9.97 Å². The van der Waals surface area contributed by atoms with Crippen LogP contribution >= 0.6 is 11.8 Å². The smallest absolute Gasteiger partial charge is 0.336 e. The maximum Gasteiger partial charge on any atom is 0.336 e. The second-order valence-electron chi connectivity index (χ2n) is 8.32. The van der Waals surface area contributed by atoms with Crippen LogP contribution in [-0.2, 0) is 4.79 Å². The van der Waals surface area contributed by atoms with Crippen LogP contribution < -0.4 is 5.32 Å². The fraction of sp³-hybridized carbons (Fsp3) is 0.0333. The summed E-state index contributed by atoms with van der Waals surface area (Å²) in [6.45, 7) is 0. The quantitative estimate of drug-likeness (QED) is 0.245. The minimum Gasteiger partial charge on any atom is -0.478 e. The molecule has 2 N–H and O–H groups in total. The van der Waals surface area contributed by atoms with E-state index in [1.54, 1.807) is 60.7 Å². The number of anilines is 1. The van der Waals surface area contributed by atoms with Crippen molar-refractivity contribution in [2.75, 3.05) is 11.1 Å². The molecule has 1 amide bonds. The van der Waals surface area contributed by atoms with Gasteiger partial charge >= 0.3 is 5.97 Å². The second-order valence-corrected chi connectivity index (χ2v) is 9.28. The van der Waals surface area contributed by atoms with E-state index in [2.05, 4.69) is 21.4 Å². The van der Waals surface area contributed by atoms with Crippen molar-refractivity contribution in [2.45, 2.75) is 5.03 Å². The van der Waals surface area contributed by atoms with Gasteiger partial charge in [0.25, 0.3) is 0 Å². The normalized spacial score (nSPS) is 10.6. The molecule has 0 saturated heterocycles. The number of fused-ring (bicyclic) bond motifs is 1. The Bertz CT molecular complexity index is 1700. The van der Waals surface area contributed by atoms with E-state index in [1.165, 1.54) is 11.8 Å². The highest BCUT2D eigenvalue weighted by Gasteiger charge is 2.14. The first kappa shape index (κ1) is 24.7. The number of rotatable bonds is 7. The minimum absolute atomic E-state index is 0.0792. The van der Waals surface area contributed by atoms with Crippen LogP contribution in [0.15, 0.2) is 102 Å². The van der Waals surface area contributed by atoms with Crippen LogP contribution in [0.4, 0.5) is 5.69 Å². The SMILES string of the molecule is N#Cc1ccc(-c2ccccc2)nc1SCC(=O)Nc1ccc(-c2cc(C(=O)O)c3ccccc3n2)cc1. The molecule has 0 bridgehead atoms. The number of carbonyl (C=O) groups is 2. The van der Waals surface area contributed by atoms with Crippen LogP contribution in [0.1, 0.15) is 15.9 Å². The summed E-state index contributed by atoms with van der Waals surface area (Å²) in [5.74, 6) is -1.18. The number of hydrogen-bond acceptors (Lipinski definition) is 6. The highest BCUT2D eigenvalue weighted by Crippen LogP contribution is 2.27. The lowest BCUT2D eigenvalue weighted by molar-refractivity contribution is -0.113. The molecule has 2 heterocycles. The van der Waals surface area contributed by atoms with Crippen LogP contribution in [0, 0.1) is 11.3 Å². The maximum absolute atomic E-state index is 12.6. The van der Waals surface area contributed by atoms with Gasteiger partial charge in [0.05, 0.1) is 33.8 Å². The van der Waals surface area contributed by atoms with Gasteiger partial charge in [0.15, 0.2) is 0 Å². The molecule has 8 heteroatoms. The van der Waals surface area contributed by atoms with E-state index in [4.69, 9.17) is 0 Å². The zero-order chi connectivity index (χ0) is 26.5. The molecule has 0 aliphatic heterocycles. The number of aromatic carboxylic acids is 1. The van der Waals surface area contributed by atoms with Gasteiger partial charge in [-0.2, -0.15) is 5.26 Å². The van der Waals surface area contributed by atoms with Gasteiger partial charge in [0.2, 0.25) is 5.91 Å². The van der Waals surface area contributed by atoms with Gasteiger partial charge in [-0.05, 0) is 36.4 Å². The standard InChI is InChI=1S/C30H20N4O3S/c31-17-21-12-15-25(19-6-2-1-3-7-19)34-29(21)38-18-28(35)32-22-13-10-20(11-14-22)27-16-24(30(36)37)23-8-4-5-9-26(23)33-27/h1-16H,18H2,(H,32,35)(H,36,37). The fourth-order valence-electron chi connectivity index (χ4n) is 3.96. The number of benzene rings is 3. The molecule has 5 rings (SSSR count). The van der Waals surface area contributed by atoms with E-state index in [1.807, 2.05) is 36.4 Å². The minimum atomic E-state index is -1.02. The predicted molar refractivity (Wildman–Crippen MR) is 148 cm³/mol. The Balaban J connectivity index is 1.28. The van der Waals surface area contributed by atoms with Crippen LogP contribution in [-0.4, -0.2) is 32.7 Å². The topological polar surface area (TPSA) is 116 Å². The summed E-state index contributed by atoms with van der Waals surface area (Å²) >= 11 is 1.20. The van der Waals surface area contributed by atoms with Gasteiger partial charge in [-0.15, -0.1) is 0 Å². The highest BCUT2D eigenvalue weighted by atomic mass is 32.2. The molecule has 3 aromatic carbocycles. The van der Waals surface area contributed by atoms with Crippen LogP contribution in [0.2, 0.25) is 0 Å². The predicted octanol–water partition coefficient (Wildman–Crippen LogP) is 6.26. The average molecular weight is 517 g/mol. The van der Waals surface area contributed by atoms with Crippen LogP contribution in [0.5, 0.6) is 0 Å². The van der Waals surface area contributed by atoms with Crippen molar-refractivity contribution in [2.24, 2.45) is 0 Å². The summed E-state index contributed by atoms with van der Waals surface area (Å²) in [5.41, 5.74) is 4.70. The molecule has 0 aliphatic rings. The number of carboxylic acids is 1. The van der Waals surface area contributed by atoms with Crippen molar-refractivity contribution < 1.29 is 14.7 Å². The number of thioether (sulfide) groups is 1. The lowest BCUT2D eigenvalue weighted by Crippen LogP contribution is -2.14. The molecule has 0 aliphatic carbocycles. The lowest BCUT2D eigenvalue weighted by Gasteiger charge is -2.09. The lowest BCUT2D eigenvalue weighted by atomic mass is 10.0. The first-order chi connectivity index (χ1) is 18.5. The molecule has 5 aromatic rings. The number of aromatic nitrogens is 2. The molecule has 0 spiro atoms. The van der Waals surface area contributed by atoms with E-state index in [0.29, 0.717) is 32.9 Å². The van der Waals surface area contributed by atoms with Crippen molar-refractivity contribution in [3.05, 3.63) is 108 Å². The Morgan fingerprint density at radius 1 is 0.842 bits per heavy atom. The number of para-hydroxylation sites is 1. The third kappa shape index (κ3) is 5.38. The number of carboxylic acid groups (broad SMARTS) is 1. The second kappa shape index (κ2) is 10.9. The zero-order valence-electron chi connectivity index (χ0n) is 20.0. The molecule has 0 saturated carbocycles. The van der Waals surface area contributed by atoms with Crippen LogP contribution in [0.3, 0.4) is 0 Å². The van der Waals surface area contributed by atoms with Gasteiger partial charge in [-0.25, -0.2) is 14.8 Å². The molecule has 38 heavy (non-hydrogen) atoms. The largest absolute Gasteiger partial charge is 0.478 e. The number of nitriles is 1. The zero-order valence-corrected chi connectivity index (χ0v) is 20.8. The summed E-state index contributed by atoms with van der Waals surface area (Å²) < 4.78 is 0. The molecule has 0 fully saturated rings. The molecular formula is C30H20N4O3S. The van der Waals surface area contributed by atoms with Crippen molar-refractivity contribution in [1.29, 1.82) is 5.26 Å². The van der Waals surface area contributed by atoms with Crippen molar-refractivity contribution in [3.8, 4) is 28.6 Å². The molecular weight excluding hydrogens is 496 g/mol. The van der Waals surface area contributed by atoms with Crippen LogP contribution in [0.25, 0.3) is 33.4 Å². The Hall–Kier alpha value is -5.00. The maximum atomic E-state index is 12.6. The number of nitrogens with zero attached hydrogens (tertiary/aromatic N) is 3. The van der Waals surface area contributed by atoms with Gasteiger partial charge in [0, 0.05) is 22.2 Å². The summed E-state index contributed by atoms with van der Waals surface area (Å²) in [5, 5.41) is 23.0. The molecule has 0 atom stereocenters. The van der Waals surface area contributed by atoms with E-state index < -0.39 is 5.97 Å². The molecule has 0 unspecified atom stereocenters. The third-order valence-electron chi connectivity index (χ3n) is 5.80. The number of amides is 1. The number of pyridine rings is 2. The number of hydrogen-bond donors (Lipinski definition) is 2. The average Bonchev–Trinajstić information content (AvgIpc) is 2.96. The van der Waals surface area contributed by atoms with Crippen molar-refractivity contribution >= 4 is 40.2 Å².